The van der Waals surface area contributed by atoms with Gasteiger partial charge in [0.15, 0.2) is 11.5 Å². The molecule has 1 amide bonds. The van der Waals surface area contributed by atoms with Gasteiger partial charge in [0.05, 0.1) is 11.6 Å². The van der Waals surface area contributed by atoms with E-state index in [1.54, 1.807) is 6.07 Å². The fourth-order valence-electron chi connectivity index (χ4n) is 2.03. The van der Waals surface area contributed by atoms with Crippen LogP contribution in [0.4, 0.5) is 0 Å². The largest absolute Gasteiger partial charge is 0.490 e. The number of hydrazine groups is 1. The van der Waals surface area contributed by atoms with Crippen molar-refractivity contribution < 1.29 is 14.3 Å². The van der Waals surface area contributed by atoms with Crippen LogP contribution >= 0.6 is 11.6 Å². The van der Waals surface area contributed by atoms with Crippen LogP contribution in [0.3, 0.4) is 0 Å². The molecule has 0 atom stereocenters. The Hall–Kier alpha value is -2.24. The molecular weight excluding hydrogens is 316 g/mol. The zero-order chi connectivity index (χ0) is 16.8. The number of nitrogens with one attached hydrogen (secondary N) is 1. The van der Waals surface area contributed by atoms with Gasteiger partial charge in [-0.1, -0.05) is 41.4 Å². The molecule has 6 heteroatoms. The van der Waals surface area contributed by atoms with Gasteiger partial charge in [-0.3, -0.25) is 10.2 Å². The highest BCUT2D eigenvalue weighted by molar-refractivity contribution is 6.32. The third-order valence-corrected chi connectivity index (χ3v) is 3.49. The Balaban J connectivity index is 2.25. The van der Waals surface area contributed by atoms with E-state index in [-0.39, 0.29) is 0 Å². The van der Waals surface area contributed by atoms with Crippen molar-refractivity contribution >= 4 is 17.5 Å². The van der Waals surface area contributed by atoms with Crippen LogP contribution in [0, 0.1) is 6.92 Å². The van der Waals surface area contributed by atoms with Gasteiger partial charge in [-0.15, -0.1) is 0 Å². The molecule has 0 aliphatic rings. The molecule has 0 spiro atoms. The lowest BCUT2D eigenvalue weighted by Crippen LogP contribution is -2.30. The highest BCUT2D eigenvalue weighted by Gasteiger charge is 2.16. The minimum atomic E-state index is -0.446. The van der Waals surface area contributed by atoms with Gasteiger partial charge in [0.25, 0.3) is 5.91 Å². The maximum absolute atomic E-state index is 11.7. The van der Waals surface area contributed by atoms with E-state index in [1.807, 2.05) is 38.1 Å². The number of rotatable bonds is 6. The van der Waals surface area contributed by atoms with E-state index in [4.69, 9.17) is 26.9 Å². The molecule has 0 saturated heterocycles. The fourth-order valence-corrected chi connectivity index (χ4v) is 2.29. The maximum Gasteiger partial charge on any atom is 0.265 e. The summed E-state index contributed by atoms with van der Waals surface area (Å²) >= 11 is 6.24. The normalized spacial score (nSPS) is 10.3. The Kier molecular flexibility index (Phi) is 5.84. The second-order valence-corrected chi connectivity index (χ2v) is 5.37. The molecule has 0 saturated carbocycles. The lowest BCUT2D eigenvalue weighted by molar-refractivity contribution is 0.0953. The number of benzene rings is 2. The standard InChI is InChI=1S/C17H19ClN2O3/c1-3-22-15-9-13(17(21)20-19)8-14(18)16(15)23-10-12-6-4-11(2)5-7-12/h4-9H,3,10,19H2,1-2H3,(H,20,21). The van der Waals surface area contributed by atoms with Crippen LogP contribution in [0.5, 0.6) is 11.5 Å². The molecular formula is C17H19ClN2O3. The Bertz CT molecular complexity index is 687. The molecule has 0 aliphatic heterocycles. The minimum absolute atomic E-state index is 0.293. The van der Waals surface area contributed by atoms with Gasteiger partial charge in [-0.2, -0.15) is 0 Å². The van der Waals surface area contributed by atoms with Crippen molar-refractivity contribution in [2.75, 3.05) is 6.61 Å². The fraction of sp³-hybridized carbons (Fsp3) is 0.235. The van der Waals surface area contributed by atoms with E-state index in [2.05, 4.69) is 5.43 Å². The Labute approximate surface area is 140 Å². The zero-order valence-electron chi connectivity index (χ0n) is 13.1. The Morgan fingerprint density at radius 2 is 1.91 bits per heavy atom. The third kappa shape index (κ3) is 4.37. The summed E-state index contributed by atoms with van der Waals surface area (Å²) in [4.78, 5) is 11.7. The van der Waals surface area contributed by atoms with E-state index >= 15 is 0 Å². The molecule has 0 fully saturated rings. The molecule has 23 heavy (non-hydrogen) atoms. The number of hydrogen-bond donors (Lipinski definition) is 2. The number of ether oxygens (including phenoxy) is 2. The first-order valence-electron chi connectivity index (χ1n) is 7.20. The number of amides is 1. The summed E-state index contributed by atoms with van der Waals surface area (Å²) in [6.45, 7) is 4.64. The van der Waals surface area contributed by atoms with E-state index < -0.39 is 5.91 Å². The molecule has 3 N–H and O–H groups in total. The van der Waals surface area contributed by atoms with Gasteiger partial charge in [0.2, 0.25) is 0 Å². The number of halogens is 1. The number of aryl methyl sites for hydroxylation is 1. The lowest BCUT2D eigenvalue weighted by Gasteiger charge is -2.15. The van der Waals surface area contributed by atoms with Crippen LogP contribution in [-0.2, 0) is 6.61 Å². The Morgan fingerprint density at radius 1 is 1.22 bits per heavy atom. The molecule has 2 aromatic carbocycles. The van der Waals surface area contributed by atoms with Gasteiger partial charge in [-0.05, 0) is 31.5 Å². The van der Waals surface area contributed by atoms with E-state index in [0.717, 1.165) is 5.56 Å². The predicted octanol–water partition coefficient (Wildman–Crippen LogP) is 3.23. The number of hydrogen-bond acceptors (Lipinski definition) is 4. The molecule has 122 valence electrons. The van der Waals surface area contributed by atoms with Crippen molar-refractivity contribution in [2.45, 2.75) is 20.5 Å². The van der Waals surface area contributed by atoms with E-state index in [1.165, 1.54) is 11.6 Å². The summed E-state index contributed by atoms with van der Waals surface area (Å²) in [5.74, 6) is 5.52. The Morgan fingerprint density at radius 3 is 2.52 bits per heavy atom. The predicted molar refractivity (Wildman–Crippen MR) is 89.8 cm³/mol. The minimum Gasteiger partial charge on any atom is -0.490 e. The lowest BCUT2D eigenvalue weighted by atomic mass is 10.1. The molecule has 0 aliphatic carbocycles. The monoisotopic (exact) mass is 334 g/mol. The van der Waals surface area contributed by atoms with Crippen molar-refractivity contribution in [1.29, 1.82) is 0 Å². The van der Waals surface area contributed by atoms with Gasteiger partial charge in [0.1, 0.15) is 6.61 Å². The van der Waals surface area contributed by atoms with Crippen LogP contribution in [0.2, 0.25) is 5.02 Å². The van der Waals surface area contributed by atoms with Gasteiger partial charge in [-0.25, -0.2) is 5.84 Å². The van der Waals surface area contributed by atoms with Gasteiger partial charge in [0, 0.05) is 5.56 Å². The molecule has 0 unspecified atom stereocenters. The van der Waals surface area contributed by atoms with Crippen LogP contribution in [-0.4, -0.2) is 12.5 Å². The summed E-state index contributed by atoms with van der Waals surface area (Å²) in [6, 6.07) is 11.1. The van der Waals surface area contributed by atoms with Crippen molar-refractivity contribution in [2.24, 2.45) is 5.84 Å². The number of nitrogen functional groups attached to an aromatic ring is 1. The SMILES string of the molecule is CCOc1cc(C(=O)NN)cc(Cl)c1OCc1ccc(C)cc1. The third-order valence-electron chi connectivity index (χ3n) is 3.21. The highest BCUT2D eigenvalue weighted by Crippen LogP contribution is 2.37. The summed E-state index contributed by atoms with van der Waals surface area (Å²) in [5, 5.41) is 0.293. The number of nitrogens with two attached hydrogens (primary N) is 1. The molecule has 2 rings (SSSR count). The van der Waals surface area contributed by atoms with Crippen LogP contribution in [0.15, 0.2) is 36.4 Å². The summed E-state index contributed by atoms with van der Waals surface area (Å²) < 4.78 is 11.3. The first-order valence-corrected chi connectivity index (χ1v) is 7.58. The summed E-state index contributed by atoms with van der Waals surface area (Å²) in [5.41, 5.74) is 4.57. The average molecular weight is 335 g/mol. The summed E-state index contributed by atoms with van der Waals surface area (Å²) in [7, 11) is 0. The maximum atomic E-state index is 11.7. The van der Waals surface area contributed by atoms with Gasteiger partial charge < -0.3 is 9.47 Å². The smallest absolute Gasteiger partial charge is 0.265 e. The molecule has 0 radical (unpaired) electrons. The van der Waals surface area contributed by atoms with Crippen LogP contribution in [0.25, 0.3) is 0 Å². The molecule has 5 nitrogen and oxygen atoms in total. The number of carbonyl (C=O) groups excluding carboxylic acids is 1. The molecule has 2 aromatic rings. The van der Waals surface area contributed by atoms with Crippen molar-refractivity contribution in [3.05, 3.63) is 58.1 Å². The second kappa shape index (κ2) is 7.85. The van der Waals surface area contributed by atoms with Crippen LogP contribution in [0.1, 0.15) is 28.4 Å². The topological polar surface area (TPSA) is 73.6 Å². The van der Waals surface area contributed by atoms with E-state index in [9.17, 15) is 4.79 Å². The van der Waals surface area contributed by atoms with Gasteiger partial charge >= 0.3 is 0 Å². The first kappa shape index (κ1) is 17.1. The van der Waals surface area contributed by atoms with Crippen molar-refractivity contribution in [1.82, 2.24) is 5.43 Å². The molecule has 0 bridgehead atoms. The second-order valence-electron chi connectivity index (χ2n) is 4.97. The first-order chi connectivity index (χ1) is 11.0. The number of carbonyl (C=O) groups is 1. The van der Waals surface area contributed by atoms with Crippen molar-refractivity contribution in [3.63, 3.8) is 0 Å². The quantitative estimate of drug-likeness (QED) is 0.483. The summed E-state index contributed by atoms with van der Waals surface area (Å²) in [6.07, 6.45) is 0. The molecule has 0 heterocycles. The van der Waals surface area contributed by atoms with Crippen LogP contribution < -0.4 is 20.7 Å². The average Bonchev–Trinajstić information content (AvgIpc) is 2.55. The van der Waals surface area contributed by atoms with E-state index in [0.29, 0.717) is 35.3 Å². The zero-order valence-corrected chi connectivity index (χ0v) is 13.8. The molecule has 0 aromatic heterocycles. The highest BCUT2D eigenvalue weighted by atomic mass is 35.5. The van der Waals surface area contributed by atoms with Crippen molar-refractivity contribution in [3.8, 4) is 11.5 Å².